The molecule has 1 saturated carbocycles. The van der Waals surface area contributed by atoms with Gasteiger partial charge in [0, 0.05) is 0 Å². The minimum atomic E-state index is -2.81. The molecule has 0 heterocycles. The number of aliphatic hydroxyl groups is 7. The molecule has 7 atom stereocenters. The van der Waals surface area contributed by atoms with Crippen LogP contribution in [0, 0.1) is 0 Å². The van der Waals surface area contributed by atoms with Crippen molar-refractivity contribution in [3.63, 3.8) is 0 Å². The van der Waals surface area contributed by atoms with Crippen molar-refractivity contribution in [3.8, 4) is 0 Å². The summed E-state index contributed by atoms with van der Waals surface area (Å²) in [6, 6.07) is 0. The van der Waals surface area contributed by atoms with E-state index in [9.17, 15) is 25.5 Å². The second kappa shape index (κ2) is 3.70. The highest BCUT2D eigenvalue weighted by atomic mass is 16.4. The molecule has 0 radical (unpaired) electrons. The summed E-state index contributed by atoms with van der Waals surface area (Å²) in [4.78, 5) is 0. The van der Waals surface area contributed by atoms with Crippen molar-refractivity contribution in [2.45, 2.75) is 36.1 Å². The summed E-state index contributed by atoms with van der Waals surface area (Å²) in [5, 5.41) is 64.6. The molecule has 0 aromatic carbocycles. The largest absolute Gasteiger partial charge is 0.393 e. The standard InChI is InChI=1S/C7H14O7/c8-1-7(14)5(12)3(10)2(9)4(11)6(7)13/h2-6,8-14H,1H2/t2?,3-,4-,5-,6+,7?/m0/s1/i1D/t1?,2?,3-,4-,5-,6+,7?. The number of hydrogen-bond donors (Lipinski definition) is 7. The lowest BCUT2D eigenvalue weighted by molar-refractivity contribution is -0.276. The first-order valence-electron chi connectivity index (χ1n) is 4.55. The van der Waals surface area contributed by atoms with E-state index in [0.717, 1.165) is 0 Å². The molecule has 0 aliphatic heterocycles. The molecule has 0 aromatic heterocycles. The zero-order valence-corrected chi connectivity index (χ0v) is 7.09. The van der Waals surface area contributed by atoms with Crippen molar-refractivity contribution in [3.05, 3.63) is 0 Å². The molecule has 1 aliphatic rings. The van der Waals surface area contributed by atoms with Crippen LogP contribution < -0.4 is 0 Å². The van der Waals surface area contributed by atoms with Gasteiger partial charge in [-0.2, -0.15) is 0 Å². The molecule has 3 unspecified atom stereocenters. The average Bonchev–Trinajstić information content (AvgIpc) is 2.20. The highest BCUT2D eigenvalue weighted by Crippen LogP contribution is 2.29. The fraction of sp³-hybridized carbons (Fsp3) is 1.00. The Morgan fingerprint density at radius 1 is 0.929 bits per heavy atom. The van der Waals surface area contributed by atoms with E-state index < -0.39 is 42.7 Å². The Kier molecular flexibility index (Phi) is 2.71. The molecule has 7 heteroatoms. The van der Waals surface area contributed by atoms with E-state index in [4.69, 9.17) is 11.6 Å². The van der Waals surface area contributed by atoms with Gasteiger partial charge in [-0.3, -0.25) is 0 Å². The van der Waals surface area contributed by atoms with E-state index in [-0.39, 0.29) is 0 Å². The Bertz CT molecular complexity index is 219. The molecule has 7 N–H and O–H groups in total. The monoisotopic (exact) mass is 211 g/mol. The molecule has 7 nitrogen and oxygen atoms in total. The van der Waals surface area contributed by atoms with Crippen LogP contribution >= 0.6 is 0 Å². The molecule has 0 amide bonds. The first-order valence-corrected chi connectivity index (χ1v) is 3.97. The Morgan fingerprint density at radius 3 is 1.57 bits per heavy atom. The quantitative estimate of drug-likeness (QED) is 0.232. The first-order chi connectivity index (χ1) is 6.74. The van der Waals surface area contributed by atoms with Gasteiger partial charge in [0.2, 0.25) is 0 Å². The SMILES string of the molecule is [2H]C(O)C1(O)[C@H](O)[C@@H](O)C(O)[C@H](O)[C@@H]1O. The van der Waals surface area contributed by atoms with Gasteiger partial charge in [0.25, 0.3) is 0 Å². The number of hydrogen-bond acceptors (Lipinski definition) is 7. The van der Waals surface area contributed by atoms with Gasteiger partial charge in [-0.25, -0.2) is 0 Å². The zero-order valence-electron chi connectivity index (χ0n) is 8.09. The number of aliphatic hydroxyl groups excluding tert-OH is 6. The van der Waals surface area contributed by atoms with Crippen LogP contribution in [0.2, 0.25) is 0 Å². The second-order valence-corrected chi connectivity index (χ2v) is 3.38. The zero-order chi connectivity index (χ0) is 12.0. The molecule has 0 aromatic rings. The van der Waals surface area contributed by atoms with Crippen LogP contribution in [0.3, 0.4) is 0 Å². The molecular formula is C7H14O7. The van der Waals surface area contributed by atoms with Crippen LogP contribution in [0.5, 0.6) is 0 Å². The first kappa shape index (κ1) is 10.2. The van der Waals surface area contributed by atoms with Crippen LogP contribution in [-0.2, 0) is 0 Å². The molecule has 0 spiro atoms. The minimum absolute atomic E-state index is 1.87. The van der Waals surface area contributed by atoms with Crippen molar-refractivity contribution >= 4 is 0 Å². The highest BCUT2D eigenvalue weighted by Gasteiger charge is 2.57. The second-order valence-electron chi connectivity index (χ2n) is 3.38. The summed E-state index contributed by atoms with van der Waals surface area (Å²) < 4.78 is 6.86. The minimum Gasteiger partial charge on any atom is -0.393 e. The summed E-state index contributed by atoms with van der Waals surface area (Å²) in [7, 11) is 0. The van der Waals surface area contributed by atoms with Gasteiger partial charge in [0.05, 0.1) is 7.95 Å². The Labute approximate surface area is 80.9 Å². The van der Waals surface area contributed by atoms with Crippen molar-refractivity contribution < 1.29 is 37.1 Å². The Balaban J connectivity index is 3.07. The fourth-order valence-corrected chi connectivity index (χ4v) is 1.45. The molecular weight excluding hydrogens is 196 g/mol. The third kappa shape index (κ3) is 1.43. The summed E-state index contributed by atoms with van der Waals surface area (Å²) >= 11 is 0. The van der Waals surface area contributed by atoms with Gasteiger partial charge in [0.15, 0.2) is 0 Å². The summed E-state index contributed by atoms with van der Waals surface area (Å²) in [6.45, 7) is -2.33. The summed E-state index contributed by atoms with van der Waals surface area (Å²) in [5.74, 6) is 0. The van der Waals surface area contributed by atoms with E-state index in [1.165, 1.54) is 0 Å². The van der Waals surface area contributed by atoms with Crippen LogP contribution in [-0.4, -0.2) is 78.4 Å². The predicted octanol–water partition coefficient (Wildman–Crippen LogP) is -4.47. The van der Waals surface area contributed by atoms with Gasteiger partial charge in [-0.05, 0) is 0 Å². The van der Waals surface area contributed by atoms with Crippen LogP contribution in [0.4, 0.5) is 0 Å². The van der Waals surface area contributed by atoms with E-state index in [0.29, 0.717) is 0 Å². The Morgan fingerprint density at radius 2 is 1.29 bits per heavy atom. The average molecular weight is 211 g/mol. The van der Waals surface area contributed by atoms with Gasteiger partial charge >= 0.3 is 0 Å². The van der Waals surface area contributed by atoms with E-state index in [2.05, 4.69) is 0 Å². The topological polar surface area (TPSA) is 142 Å². The third-order valence-corrected chi connectivity index (χ3v) is 2.50. The van der Waals surface area contributed by atoms with Gasteiger partial charge in [0.1, 0.15) is 36.1 Å². The maximum atomic E-state index is 9.58. The maximum absolute atomic E-state index is 9.58. The highest BCUT2D eigenvalue weighted by molar-refractivity contribution is 5.08. The molecule has 0 saturated heterocycles. The van der Waals surface area contributed by atoms with E-state index in [1.54, 1.807) is 0 Å². The molecule has 14 heavy (non-hydrogen) atoms. The lowest BCUT2D eigenvalue weighted by Gasteiger charge is -2.46. The van der Waals surface area contributed by atoms with E-state index in [1.807, 2.05) is 0 Å². The maximum Gasteiger partial charge on any atom is 0.144 e. The smallest absolute Gasteiger partial charge is 0.144 e. The van der Waals surface area contributed by atoms with Crippen LogP contribution in [0.1, 0.15) is 1.37 Å². The van der Waals surface area contributed by atoms with Gasteiger partial charge in [-0.1, -0.05) is 0 Å². The van der Waals surface area contributed by atoms with Crippen molar-refractivity contribution in [2.24, 2.45) is 0 Å². The van der Waals surface area contributed by atoms with E-state index >= 15 is 0 Å². The van der Waals surface area contributed by atoms with Crippen molar-refractivity contribution in [1.29, 1.82) is 0 Å². The van der Waals surface area contributed by atoms with Crippen molar-refractivity contribution in [1.82, 2.24) is 0 Å². The summed E-state index contributed by atoms with van der Waals surface area (Å²) in [6.07, 6.45) is -10.1. The van der Waals surface area contributed by atoms with Crippen LogP contribution in [0.15, 0.2) is 0 Å². The molecule has 1 fully saturated rings. The lowest BCUT2D eigenvalue weighted by atomic mass is 9.75. The lowest BCUT2D eigenvalue weighted by Crippen LogP contribution is -2.72. The van der Waals surface area contributed by atoms with Crippen LogP contribution in [0.25, 0.3) is 0 Å². The van der Waals surface area contributed by atoms with Gasteiger partial charge in [-0.15, -0.1) is 0 Å². The molecule has 0 bridgehead atoms. The summed E-state index contributed by atoms with van der Waals surface area (Å²) in [5.41, 5.74) is -2.81. The fourth-order valence-electron chi connectivity index (χ4n) is 1.45. The predicted molar refractivity (Wildman–Crippen MR) is 42.1 cm³/mol. The number of rotatable bonds is 1. The molecule has 84 valence electrons. The third-order valence-electron chi connectivity index (χ3n) is 2.50. The van der Waals surface area contributed by atoms with Crippen molar-refractivity contribution in [2.75, 3.05) is 6.58 Å². The Hall–Kier alpha value is -0.280. The molecule has 1 aliphatic carbocycles. The van der Waals surface area contributed by atoms with Gasteiger partial charge < -0.3 is 35.7 Å². The molecule has 1 rings (SSSR count). The normalized spacial score (nSPS) is 57.9.